The zero-order valence-electron chi connectivity index (χ0n) is 10.8. The average Bonchev–Trinajstić information content (AvgIpc) is 2.92. The van der Waals surface area contributed by atoms with E-state index < -0.39 is 6.10 Å². The van der Waals surface area contributed by atoms with Crippen molar-refractivity contribution in [1.29, 1.82) is 0 Å². The highest BCUT2D eigenvalue weighted by Crippen LogP contribution is 2.29. The van der Waals surface area contributed by atoms with Crippen molar-refractivity contribution in [1.82, 2.24) is 0 Å². The molecule has 3 rings (SSSR count). The molecule has 1 atom stereocenters. The molecule has 0 radical (unpaired) electrons. The fourth-order valence-electron chi connectivity index (χ4n) is 2.18. The highest BCUT2D eigenvalue weighted by molar-refractivity contribution is 6.28. The quantitative estimate of drug-likeness (QED) is 0.786. The number of ether oxygens (including phenoxy) is 1. The van der Waals surface area contributed by atoms with Crippen LogP contribution in [0.15, 0.2) is 52.9 Å². The van der Waals surface area contributed by atoms with Gasteiger partial charge >= 0.3 is 0 Å². The van der Waals surface area contributed by atoms with Gasteiger partial charge in [-0.05, 0) is 58.3 Å². The van der Waals surface area contributed by atoms with Crippen LogP contribution in [0.1, 0.15) is 17.4 Å². The monoisotopic (exact) mass is 288 g/mol. The Morgan fingerprint density at radius 3 is 2.50 bits per heavy atom. The fourth-order valence-corrected chi connectivity index (χ4v) is 2.33. The van der Waals surface area contributed by atoms with E-state index in [1.165, 1.54) is 0 Å². The van der Waals surface area contributed by atoms with E-state index >= 15 is 0 Å². The zero-order valence-corrected chi connectivity index (χ0v) is 11.6. The van der Waals surface area contributed by atoms with E-state index in [-0.39, 0.29) is 5.22 Å². The van der Waals surface area contributed by atoms with Crippen LogP contribution in [0.25, 0.3) is 10.8 Å². The van der Waals surface area contributed by atoms with Gasteiger partial charge in [-0.1, -0.05) is 18.2 Å². The highest BCUT2D eigenvalue weighted by atomic mass is 35.5. The molecule has 0 saturated carbocycles. The van der Waals surface area contributed by atoms with Gasteiger partial charge in [-0.3, -0.25) is 0 Å². The number of rotatable bonds is 3. The summed E-state index contributed by atoms with van der Waals surface area (Å²) in [4.78, 5) is 0. The van der Waals surface area contributed by atoms with Crippen LogP contribution >= 0.6 is 11.6 Å². The van der Waals surface area contributed by atoms with Gasteiger partial charge in [0.25, 0.3) is 0 Å². The minimum atomic E-state index is -0.825. The number of hydrogen-bond acceptors (Lipinski definition) is 3. The largest absolute Gasteiger partial charge is 0.497 e. The lowest BCUT2D eigenvalue weighted by Gasteiger charge is -2.10. The Morgan fingerprint density at radius 2 is 1.80 bits per heavy atom. The average molecular weight is 289 g/mol. The van der Waals surface area contributed by atoms with Gasteiger partial charge in [-0.25, -0.2) is 0 Å². The van der Waals surface area contributed by atoms with E-state index in [9.17, 15) is 5.11 Å². The van der Waals surface area contributed by atoms with Crippen LogP contribution in [0.4, 0.5) is 0 Å². The van der Waals surface area contributed by atoms with E-state index in [4.69, 9.17) is 20.8 Å². The Balaban J connectivity index is 2.00. The third-order valence-electron chi connectivity index (χ3n) is 3.25. The lowest BCUT2D eigenvalue weighted by Crippen LogP contribution is -1.97. The van der Waals surface area contributed by atoms with Gasteiger partial charge in [-0.15, -0.1) is 0 Å². The first kappa shape index (κ1) is 13.0. The second-order valence-electron chi connectivity index (χ2n) is 4.52. The number of aliphatic hydroxyl groups excluding tert-OH is 1. The summed E-state index contributed by atoms with van der Waals surface area (Å²) in [5, 5.41) is 12.6. The van der Waals surface area contributed by atoms with E-state index in [1.807, 2.05) is 36.4 Å². The third-order valence-corrected chi connectivity index (χ3v) is 3.45. The number of methoxy groups -OCH3 is 1. The zero-order chi connectivity index (χ0) is 14.1. The second kappa shape index (κ2) is 5.19. The molecule has 102 valence electrons. The minimum Gasteiger partial charge on any atom is -0.497 e. The molecule has 0 saturated heterocycles. The van der Waals surface area contributed by atoms with Crippen LogP contribution in [0, 0.1) is 0 Å². The van der Waals surface area contributed by atoms with Crippen LogP contribution in [-0.2, 0) is 0 Å². The summed E-state index contributed by atoms with van der Waals surface area (Å²) in [6, 6.07) is 14.8. The van der Waals surface area contributed by atoms with E-state index in [2.05, 4.69) is 0 Å². The predicted molar refractivity (Wildman–Crippen MR) is 78.3 cm³/mol. The van der Waals surface area contributed by atoms with Crippen molar-refractivity contribution < 1.29 is 14.3 Å². The Bertz CT molecular complexity index is 748. The van der Waals surface area contributed by atoms with Gasteiger partial charge in [0.05, 0.1) is 7.11 Å². The van der Waals surface area contributed by atoms with Crippen molar-refractivity contribution in [2.75, 3.05) is 7.11 Å². The smallest absolute Gasteiger partial charge is 0.193 e. The van der Waals surface area contributed by atoms with Crippen LogP contribution in [0.2, 0.25) is 5.22 Å². The summed E-state index contributed by atoms with van der Waals surface area (Å²) in [5.41, 5.74) is 0.758. The van der Waals surface area contributed by atoms with Crippen LogP contribution in [0.5, 0.6) is 5.75 Å². The summed E-state index contributed by atoms with van der Waals surface area (Å²) in [6.07, 6.45) is -0.825. The molecule has 0 amide bonds. The van der Waals surface area contributed by atoms with Crippen molar-refractivity contribution in [2.24, 2.45) is 0 Å². The Hall–Kier alpha value is -1.97. The van der Waals surface area contributed by atoms with Crippen molar-refractivity contribution in [3.05, 3.63) is 65.1 Å². The highest BCUT2D eigenvalue weighted by Gasteiger charge is 2.15. The summed E-state index contributed by atoms with van der Waals surface area (Å²) in [6.45, 7) is 0. The number of aliphatic hydroxyl groups is 1. The van der Waals surface area contributed by atoms with Gasteiger partial charge in [0.15, 0.2) is 5.22 Å². The third kappa shape index (κ3) is 2.38. The lowest BCUT2D eigenvalue weighted by molar-refractivity contribution is 0.189. The Labute approximate surface area is 121 Å². The standard InChI is InChI=1S/C16H13ClO3/c1-19-13-5-4-10-8-12(3-2-11(10)9-13)16(18)14-6-7-15(17)20-14/h2-9,16,18H,1H3. The number of fused-ring (bicyclic) bond motifs is 1. The molecule has 0 fully saturated rings. The van der Waals surface area contributed by atoms with E-state index in [1.54, 1.807) is 19.2 Å². The maximum absolute atomic E-state index is 10.3. The maximum Gasteiger partial charge on any atom is 0.193 e. The van der Waals surface area contributed by atoms with Gasteiger partial charge in [0.2, 0.25) is 0 Å². The molecular weight excluding hydrogens is 276 g/mol. The molecule has 0 aliphatic heterocycles. The molecule has 1 unspecified atom stereocenters. The molecule has 0 aliphatic carbocycles. The molecule has 1 N–H and O–H groups in total. The molecule has 2 aromatic carbocycles. The molecule has 1 heterocycles. The Morgan fingerprint density at radius 1 is 1.05 bits per heavy atom. The molecule has 0 bridgehead atoms. The predicted octanol–water partition coefficient (Wildman–Crippen LogP) is 4.18. The first-order valence-corrected chi connectivity index (χ1v) is 6.56. The number of furan rings is 1. The van der Waals surface area contributed by atoms with Crippen LogP contribution in [0.3, 0.4) is 0 Å². The first-order chi connectivity index (χ1) is 9.67. The number of benzene rings is 2. The van der Waals surface area contributed by atoms with Gasteiger partial charge in [0.1, 0.15) is 17.6 Å². The second-order valence-corrected chi connectivity index (χ2v) is 4.89. The molecule has 4 heteroatoms. The molecule has 1 aromatic heterocycles. The van der Waals surface area contributed by atoms with Crippen molar-refractivity contribution in [2.45, 2.75) is 6.10 Å². The van der Waals surface area contributed by atoms with Gasteiger partial charge in [0, 0.05) is 0 Å². The fraction of sp³-hybridized carbons (Fsp3) is 0.125. The first-order valence-electron chi connectivity index (χ1n) is 6.18. The summed E-state index contributed by atoms with van der Waals surface area (Å²) < 4.78 is 10.4. The molecular formula is C16H13ClO3. The molecule has 3 aromatic rings. The summed E-state index contributed by atoms with van der Waals surface area (Å²) >= 11 is 5.73. The minimum absolute atomic E-state index is 0.268. The molecule has 0 spiro atoms. The SMILES string of the molecule is COc1ccc2cc(C(O)c3ccc(Cl)o3)ccc2c1. The molecule has 3 nitrogen and oxygen atoms in total. The number of halogens is 1. The normalized spacial score (nSPS) is 12.6. The molecule has 0 aliphatic rings. The summed E-state index contributed by atoms with van der Waals surface area (Å²) in [7, 11) is 1.64. The van der Waals surface area contributed by atoms with E-state index in [0.29, 0.717) is 5.76 Å². The molecule has 20 heavy (non-hydrogen) atoms. The lowest BCUT2D eigenvalue weighted by atomic mass is 10.0. The number of hydrogen-bond donors (Lipinski definition) is 1. The van der Waals surface area contributed by atoms with Crippen LogP contribution in [-0.4, -0.2) is 12.2 Å². The summed E-state index contributed by atoms with van der Waals surface area (Å²) in [5.74, 6) is 1.24. The maximum atomic E-state index is 10.3. The van der Waals surface area contributed by atoms with Gasteiger partial charge in [-0.2, -0.15) is 0 Å². The van der Waals surface area contributed by atoms with Crippen LogP contribution < -0.4 is 4.74 Å². The van der Waals surface area contributed by atoms with E-state index in [0.717, 1.165) is 22.1 Å². The Kier molecular flexibility index (Phi) is 3.38. The van der Waals surface area contributed by atoms with Crippen molar-refractivity contribution in [3.63, 3.8) is 0 Å². The van der Waals surface area contributed by atoms with Crippen molar-refractivity contribution >= 4 is 22.4 Å². The topological polar surface area (TPSA) is 42.6 Å². The van der Waals surface area contributed by atoms with Crippen molar-refractivity contribution in [3.8, 4) is 5.75 Å². The van der Waals surface area contributed by atoms with Gasteiger partial charge < -0.3 is 14.3 Å².